The van der Waals surface area contributed by atoms with E-state index in [0.29, 0.717) is 5.92 Å². The van der Waals surface area contributed by atoms with Gasteiger partial charge >= 0.3 is 0 Å². The molecule has 0 saturated heterocycles. The van der Waals surface area contributed by atoms with Gasteiger partial charge in [0.15, 0.2) is 0 Å². The number of hydrogen-bond donors (Lipinski definition) is 1. The van der Waals surface area contributed by atoms with Crippen LogP contribution in [-0.4, -0.2) is 22.8 Å². The number of aromatic nitrogens is 2. The fourth-order valence-corrected chi connectivity index (χ4v) is 3.57. The van der Waals surface area contributed by atoms with Crippen molar-refractivity contribution in [2.24, 2.45) is 0 Å². The first kappa shape index (κ1) is 15.1. The minimum Gasteiger partial charge on any atom is -0.369 e. The topological polar surface area (TPSA) is 37.8 Å². The molecule has 106 valence electrons. The lowest BCUT2D eigenvalue weighted by Crippen LogP contribution is -2.10. The fraction of sp³-hybridized carbons (Fsp3) is 0.714. The van der Waals surface area contributed by atoms with Crippen LogP contribution in [0.4, 0.5) is 5.82 Å². The van der Waals surface area contributed by atoms with Gasteiger partial charge < -0.3 is 5.32 Å². The average Bonchev–Trinajstić information content (AvgIpc) is 2.93. The molecule has 1 fully saturated rings. The van der Waals surface area contributed by atoms with Gasteiger partial charge in [0.2, 0.25) is 0 Å². The molecule has 0 aliphatic heterocycles. The Morgan fingerprint density at radius 1 is 1.32 bits per heavy atom. The summed E-state index contributed by atoms with van der Waals surface area (Å²) in [7, 11) is 0. The van der Waals surface area contributed by atoms with E-state index in [4.69, 9.17) is 4.98 Å². The van der Waals surface area contributed by atoms with Gasteiger partial charge in [-0.3, -0.25) is 0 Å². The van der Waals surface area contributed by atoms with Crippen LogP contribution in [0, 0.1) is 0 Å². The van der Waals surface area contributed by atoms with E-state index in [1.807, 2.05) is 0 Å². The molecule has 1 aliphatic carbocycles. The molecule has 0 radical (unpaired) electrons. The number of nitrogens with zero attached hydrogens (tertiary/aromatic N) is 2. The third kappa shape index (κ3) is 3.85. The first-order valence-electron chi connectivity index (χ1n) is 7.05. The van der Waals surface area contributed by atoms with Crippen LogP contribution in [0.2, 0.25) is 0 Å². The van der Waals surface area contributed by atoms with Gasteiger partial charge in [-0.05, 0) is 41.4 Å². The molecule has 1 saturated carbocycles. The molecule has 2 rings (SSSR count). The largest absolute Gasteiger partial charge is 0.369 e. The molecular formula is C14H22BrN3S. The van der Waals surface area contributed by atoms with Crippen LogP contribution >= 0.6 is 27.7 Å². The van der Waals surface area contributed by atoms with Crippen molar-refractivity contribution in [3.63, 3.8) is 0 Å². The second kappa shape index (κ2) is 7.48. The number of nitrogens with one attached hydrogen (secondary N) is 1. The second-order valence-electron chi connectivity index (χ2n) is 5.03. The highest BCUT2D eigenvalue weighted by atomic mass is 79.9. The molecule has 0 unspecified atom stereocenters. The standard InChI is InChI=1S/C14H22BrN3S/c1-3-8-16-14-12(15)13(10-6-4-5-7-10)17-11(18-14)9-19-2/h10H,3-9H2,1-2H3,(H,16,17,18). The summed E-state index contributed by atoms with van der Waals surface area (Å²) in [5.74, 6) is 3.42. The predicted octanol–water partition coefficient (Wildman–Crippen LogP) is 4.58. The van der Waals surface area contributed by atoms with E-state index in [0.717, 1.165) is 34.8 Å². The zero-order valence-electron chi connectivity index (χ0n) is 11.7. The maximum Gasteiger partial charge on any atom is 0.144 e. The highest BCUT2D eigenvalue weighted by Crippen LogP contribution is 2.38. The molecule has 0 bridgehead atoms. The van der Waals surface area contributed by atoms with Gasteiger partial charge in [0, 0.05) is 12.5 Å². The maximum absolute atomic E-state index is 4.79. The van der Waals surface area contributed by atoms with E-state index in [2.05, 4.69) is 39.4 Å². The molecule has 1 aliphatic rings. The van der Waals surface area contributed by atoms with Gasteiger partial charge in [-0.2, -0.15) is 11.8 Å². The van der Waals surface area contributed by atoms with Gasteiger partial charge in [0.25, 0.3) is 0 Å². The smallest absolute Gasteiger partial charge is 0.144 e. The third-order valence-corrected chi connectivity index (χ3v) is 4.81. The van der Waals surface area contributed by atoms with E-state index in [1.165, 1.54) is 31.4 Å². The molecule has 19 heavy (non-hydrogen) atoms. The summed E-state index contributed by atoms with van der Waals surface area (Å²) in [5, 5.41) is 3.42. The average molecular weight is 344 g/mol. The van der Waals surface area contributed by atoms with Crippen LogP contribution in [-0.2, 0) is 5.75 Å². The van der Waals surface area contributed by atoms with Gasteiger partial charge in [0.05, 0.1) is 15.9 Å². The number of halogens is 1. The van der Waals surface area contributed by atoms with Crippen molar-refractivity contribution in [1.82, 2.24) is 9.97 Å². The van der Waals surface area contributed by atoms with Gasteiger partial charge in [-0.25, -0.2) is 9.97 Å². The molecule has 1 heterocycles. The fourth-order valence-electron chi connectivity index (χ4n) is 2.54. The van der Waals surface area contributed by atoms with E-state index in [1.54, 1.807) is 11.8 Å². The number of anilines is 1. The molecule has 1 N–H and O–H groups in total. The van der Waals surface area contributed by atoms with Crippen molar-refractivity contribution < 1.29 is 0 Å². The Morgan fingerprint density at radius 2 is 2.05 bits per heavy atom. The van der Waals surface area contributed by atoms with Crippen molar-refractivity contribution in [3.05, 3.63) is 16.0 Å². The molecule has 0 amide bonds. The summed E-state index contributed by atoms with van der Waals surface area (Å²) < 4.78 is 1.08. The van der Waals surface area contributed by atoms with Crippen molar-refractivity contribution >= 4 is 33.5 Å². The number of rotatable bonds is 6. The van der Waals surface area contributed by atoms with Crippen molar-refractivity contribution in [2.45, 2.75) is 50.7 Å². The monoisotopic (exact) mass is 343 g/mol. The summed E-state index contributed by atoms with van der Waals surface area (Å²) in [6, 6.07) is 0. The Morgan fingerprint density at radius 3 is 2.68 bits per heavy atom. The minimum atomic E-state index is 0.611. The van der Waals surface area contributed by atoms with Gasteiger partial charge in [0.1, 0.15) is 11.6 Å². The lowest BCUT2D eigenvalue weighted by molar-refractivity contribution is 0.683. The van der Waals surface area contributed by atoms with Gasteiger partial charge in [-0.1, -0.05) is 19.8 Å². The quantitative estimate of drug-likeness (QED) is 0.820. The van der Waals surface area contributed by atoms with Crippen LogP contribution in [0.3, 0.4) is 0 Å². The van der Waals surface area contributed by atoms with Crippen LogP contribution in [0.5, 0.6) is 0 Å². The van der Waals surface area contributed by atoms with Crippen molar-refractivity contribution in [3.8, 4) is 0 Å². The van der Waals surface area contributed by atoms with Crippen molar-refractivity contribution in [2.75, 3.05) is 18.1 Å². The second-order valence-corrected chi connectivity index (χ2v) is 6.69. The normalized spacial score (nSPS) is 15.9. The van der Waals surface area contributed by atoms with E-state index in [-0.39, 0.29) is 0 Å². The maximum atomic E-state index is 4.79. The molecule has 1 aromatic heterocycles. The Kier molecular flexibility index (Phi) is 5.95. The Hall–Kier alpha value is -0.290. The summed E-state index contributed by atoms with van der Waals surface area (Å²) in [6.45, 7) is 3.13. The molecule has 3 nitrogen and oxygen atoms in total. The number of thioether (sulfide) groups is 1. The lowest BCUT2D eigenvalue weighted by atomic mass is 10.0. The van der Waals surface area contributed by atoms with Crippen LogP contribution in [0.1, 0.15) is 56.5 Å². The number of hydrogen-bond acceptors (Lipinski definition) is 4. The highest BCUT2D eigenvalue weighted by Gasteiger charge is 2.23. The minimum absolute atomic E-state index is 0.611. The lowest BCUT2D eigenvalue weighted by Gasteiger charge is -2.16. The van der Waals surface area contributed by atoms with E-state index < -0.39 is 0 Å². The summed E-state index contributed by atoms with van der Waals surface area (Å²) in [4.78, 5) is 9.44. The highest BCUT2D eigenvalue weighted by molar-refractivity contribution is 9.10. The first-order chi connectivity index (χ1) is 9.26. The van der Waals surface area contributed by atoms with E-state index in [9.17, 15) is 0 Å². The van der Waals surface area contributed by atoms with Crippen LogP contribution in [0.25, 0.3) is 0 Å². The molecule has 0 atom stereocenters. The SMILES string of the molecule is CCCNc1nc(CSC)nc(C2CCCC2)c1Br. The molecule has 0 aromatic carbocycles. The van der Waals surface area contributed by atoms with E-state index >= 15 is 0 Å². The van der Waals surface area contributed by atoms with Crippen LogP contribution < -0.4 is 5.32 Å². The summed E-state index contributed by atoms with van der Waals surface area (Å²) in [5.41, 5.74) is 1.22. The third-order valence-electron chi connectivity index (χ3n) is 3.48. The zero-order valence-corrected chi connectivity index (χ0v) is 14.1. The Balaban J connectivity index is 2.30. The Labute approximate surface area is 128 Å². The summed E-state index contributed by atoms with van der Waals surface area (Å²) in [6.07, 6.45) is 8.39. The molecule has 0 spiro atoms. The Bertz CT molecular complexity index is 419. The molecule has 5 heteroatoms. The predicted molar refractivity (Wildman–Crippen MR) is 86.9 cm³/mol. The summed E-state index contributed by atoms with van der Waals surface area (Å²) >= 11 is 5.49. The first-order valence-corrected chi connectivity index (χ1v) is 9.24. The molecular weight excluding hydrogens is 322 g/mol. The molecule has 1 aromatic rings. The van der Waals surface area contributed by atoms with Crippen LogP contribution in [0.15, 0.2) is 4.47 Å². The van der Waals surface area contributed by atoms with Crippen molar-refractivity contribution in [1.29, 1.82) is 0 Å². The zero-order chi connectivity index (χ0) is 13.7. The van der Waals surface area contributed by atoms with Gasteiger partial charge in [-0.15, -0.1) is 0 Å².